The highest BCUT2D eigenvalue weighted by atomic mass is 16.5. The molecule has 0 unspecified atom stereocenters. The molecule has 3 heterocycles. The van der Waals surface area contributed by atoms with Gasteiger partial charge in [-0.05, 0) is 56.9 Å². The molecule has 1 aliphatic heterocycles. The van der Waals surface area contributed by atoms with Crippen molar-refractivity contribution in [3.05, 3.63) is 54.0 Å². The van der Waals surface area contributed by atoms with Crippen molar-refractivity contribution in [1.82, 2.24) is 14.8 Å². The fourth-order valence-corrected chi connectivity index (χ4v) is 4.21. The number of pyridine rings is 1. The molecular weight excluding hydrogens is 410 g/mol. The number of primary amides is 1. The first-order valence-electron chi connectivity index (χ1n) is 10.6. The molecule has 1 aromatic carbocycles. The number of carbonyl (C=O) groups excluding carboxylic acids is 1. The summed E-state index contributed by atoms with van der Waals surface area (Å²) in [5.74, 6) is -0.0938. The van der Waals surface area contributed by atoms with E-state index in [0.717, 1.165) is 29.5 Å². The predicted octanol–water partition coefficient (Wildman–Crippen LogP) is 3.99. The summed E-state index contributed by atoms with van der Waals surface area (Å²) >= 11 is 0. The number of fused-ring (bicyclic) bond motifs is 1. The van der Waals surface area contributed by atoms with Gasteiger partial charge in [0, 0.05) is 35.1 Å². The fourth-order valence-electron chi connectivity index (χ4n) is 4.21. The molecule has 164 valence electrons. The van der Waals surface area contributed by atoms with Gasteiger partial charge >= 0.3 is 6.09 Å². The van der Waals surface area contributed by atoms with Gasteiger partial charge < -0.3 is 15.6 Å². The average Bonchev–Trinajstić information content (AvgIpc) is 3.50. The van der Waals surface area contributed by atoms with Crippen LogP contribution in [-0.2, 0) is 6.42 Å². The van der Waals surface area contributed by atoms with Crippen LogP contribution in [0.1, 0.15) is 48.1 Å². The summed E-state index contributed by atoms with van der Waals surface area (Å²) in [6.45, 7) is 1.88. The molecule has 1 saturated carbocycles. The minimum atomic E-state index is -1.02. The predicted molar refractivity (Wildman–Crippen MR) is 117 cm³/mol. The number of benzene rings is 1. The Labute approximate surface area is 184 Å². The summed E-state index contributed by atoms with van der Waals surface area (Å²) in [6, 6.07) is 7.07. The van der Waals surface area contributed by atoms with E-state index in [-0.39, 0.29) is 17.5 Å². The summed E-state index contributed by atoms with van der Waals surface area (Å²) in [4.78, 5) is 29.5. The molecule has 9 nitrogen and oxygen atoms in total. The summed E-state index contributed by atoms with van der Waals surface area (Å²) in [5.41, 5.74) is 8.61. The number of nitrogens with two attached hydrogens (primary N) is 1. The molecule has 0 radical (unpaired) electrons. The highest BCUT2D eigenvalue weighted by molar-refractivity contribution is 5.95. The smallest absolute Gasteiger partial charge is 0.412 e. The first-order chi connectivity index (χ1) is 15.4. The van der Waals surface area contributed by atoms with Crippen LogP contribution in [0.3, 0.4) is 0 Å². The van der Waals surface area contributed by atoms with Crippen molar-refractivity contribution < 1.29 is 19.4 Å². The topological polar surface area (TPSA) is 124 Å². The third kappa shape index (κ3) is 3.45. The third-order valence-corrected chi connectivity index (χ3v) is 6.02. The summed E-state index contributed by atoms with van der Waals surface area (Å²) < 4.78 is 8.18. The summed E-state index contributed by atoms with van der Waals surface area (Å²) in [5, 5.41) is 14.3. The van der Waals surface area contributed by atoms with Crippen molar-refractivity contribution in [2.24, 2.45) is 5.73 Å². The highest BCUT2D eigenvalue weighted by Gasteiger charge is 2.32. The molecule has 0 spiro atoms. The number of nitrogens with zero attached hydrogens (tertiary/aromatic N) is 4. The van der Waals surface area contributed by atoms with Crippen molar-refractivity contribution in [1.29, 1.82) is 0 Å². The molecule has 1 fully saturated rings. The lowest BCUT2D eigenvalue weighted by Crippen LogP contribution is -2.41. The maximum absolute atomic E-state index is 12.0. The SMILES string of the molecule is C[C@H]1CCc2c(ccc(-c3cnn(C4CC4)c3)c2Oc2ncccc2C(N)=O)N1C(=O)O. The summed E-state index contributed by atoms with van der Waals surface area (Å²) in [7, 11) is 0. The third-order valence-electron chi connectivity index (χ3n) is 6.02. The number of aromatic nitrogens is 3. The Morgan fingerprint density at radius 3 is 2.75 bits per heavy atom. The van der Waals surface area contributed by atoms with Gasteiger partial charge in [-0.3, -0.25) is 14.4 Å². The van der Waals surface area contributed by atoms with Crippen LogP contribution in [0.15, 0.2) is 42.9 Å². The zero-order valence-electron chi connectivity index (χ0n) is 17.6. The number of rotatable bonds is 5. The Bertz CT molecular complexity index is 1220. The number of carboxylic acid groups (broad SMARTS) is 1. The molecule has 5 rings (SSSR count). The Kier molecular flexibility index (Phi) is 4.80. The highest BCUT2D eigenvalue weighted by Crippen LogP contribution is 2.45. The number of hydrogen-bond acceptors (Lipinski definition) is 5. The molecule has 2 aliphatic rings. The van der Waals surface area contributed by atoms with Gasteiger partial charge in [-0.25, -0.2) is 9.78 Å². The molecule has 0 bridgehead atoms. The Morgan fingerprint density at radius 1 is 1.22 bits per heavy atom. The quantitative estimate of drug-likeness (QED) is 0.627. The van der Waals surface area contributed by atoms with E-state index in [1.54, 1.807) is 18.3 Å². The second-order valence-corrected chi connectivity index (χ2v) is 8.24. The molecule has 2 aromatic heterocycles. The van der Waals surface area contributed by atoms with E-state index < -0.39 is 12.0 Å². The second-order valence-electron chi connectivity index (χ2n) is 8.24. The largest absolute Gasteiger partial charge is 0.465 e. The lowest BCUT2D eigenvalue weighted by molar-refractivity contribution is 0.0997. The Morgan fingerprint density at radius 2 is 2.03 bits per heavy atom. The fraction of sp³-hybridized carbons (Fsp3) is 0.304. The number of anilines is 1. The normalized spacial score (nSPS) is 17.7. The molecule has 3 aromatic rings. The minimum Gasteiger partial charge on any atom is -0.465 e. The molecule has 32 heavy (non-hydrogen) atoms. The van der Waals surface area contributed by atoms with Gasteiger partial charge in [-0.2, -0.15) is 5.10 Å². The zero-order valence-corrected chi connectivity index (χ0v) is 17.6. The first kappa shape index (κ1) is 20.0. The van der Waals surface area contributed by atoms with Crippen molar-refractivity contribution in [2.45, 2.75) is 44.7 Å². The Hall–Kier alpha value is -3.88. The Balaban J connectivity index is 1.67. The van der Waals surface area contributed by atoms with E-state index in [1.807, 2.05) is 29.9 Å². The van der Waals surface area contributed by atoms with Gasteiger partial charge in [-0.15, -0.1) is 0 Å². The molecule has 9 heteroatoms. The van der Waals surface area contributed by atoms with Gasteiger partial charge in [0.05, 0.1) is 17.9 Å². The molecule has 0 saturated heterocycles. The van der Waals surface area contributed by atoms with Gasteiger partial charge in [-0.1, -0.05) is 0 Å². The van der Waals surface area contributed by atoms with Gasteiger partial charge in [0.25, 0.3) is 5.91 Å². The second kappa shape index (κ2) is 7.67. The van der Waals surface area contributed by atoms with E-state index in [4.69, 9.17) is 10.5 Å². The number of ether oxygens (including phenoxy) is 1. The van der Waals surface area contributed by atoms with E-state index in [1.165, 1.54) is 11.1 Å². The first-order valence-corrected chi connectivity index (χ1v) is 10.6. The van der Waals surface area contributed by atoms with Crippen LogP contribution in [0.2, 0.25) is 0 Å². The van der Waals surface area contributed by atoms with Gasteiger partial charge in [0.1, 0.15) is 11.3 Å². The van der Waals surface area contributed by atoms with Crippen LogP contribution in [-0.4, -0.2) is 37.9 Å². The zero-order chi connectivity index (χ0) is 22.4. The van der Waals surface area contributed by atoms with Gasteiger partial charge in [0.2, 0.25) is 5.88 Å². The lowest BCUT2D eigenvalue weighted by Gasteiger charge is -2.34. The van der Waals surface area contributed by atoms with E-state index in [2.05, 4.69) is 10.1 Å². The van der Waals surface area contributed by atoms with E-state index in [0.29, 0.717) is 30.3 Å². The van der Waals surface area contributed by atoms with Crippen LogP contribution in [0, 0.1) is 0 Å². The van der Waals surface area contributed by atoms with Crippen molar-refractivity contribution in [2.75, 3.05) is 4.90 Å². The van der Waals surface area contributed by atoms with Crippen molar-refractivity contribution in [3.8, 4) is 22.8 Å². The van der Waals surface area contributed by atoms with Crippen LogP contribution in [0.5, 0.6) is 11.6 Å². The maximum Gasteiger partial charge on any atom is 0.412 e. The van der Waals surface area contributed by atoms with Gasteiger partial charge in [0.15, 0.2) is 0 Å². The standard InChI is InChI=1S/C23H23N5O4/c1-13-4-7-17-19(28(13)23(30)31)9-8-16(14-11-26-27(12-14)15-5-6-15)20(17)32-22-18(21(24)29)3-2-10-25-22/h2-3,8-13,15H,4-7H2,1H3,(H2,24,29)(H,30,31)/t13-/m0/s1. The minimum absolute atomic E-state index is 0.0877. The molecule has 1 atom stereocenters. The van der Waals surface area contributed by atoms with Crippen LogP contribution < -0.4 is 15.4 Å². The molecular formula is C23H23N5O4. The lowest BCUT2D eigenvalue weighted by atomic mass is 9.92. The van der Waals surface area contributed by atoms with Crippen molar-refractivity contribution in [3.63, 3.8) is 0 Å². The monoisotopic (exact) mass is 433 g/mol. The molecule has 1 aliphatic carbocycles. The van der Waals surface area contributed by atoms with Crippen LogP contribution in [0.4, 0.5) is 10.5 Å². The number of amides is 2. The van der Waals surface area contributed by atoms with Crippen molar-refractivity contribution >= 4 is 17.7 Å². The number of carbonyl (C=O) groups is 2. The average molecular weight is 433 g/mol. The van der Waals surface area contributed by atoms with Crippen LogP contribution >= 0.6 is 0 Å². The molecule has 3 N–H and O–H groups in total. The van der Waals surface area contributed by atoms with E-state index in [9.17, 15) is 14.7 Å². The summed E-state index contributed by atoms with van der Waals surface area (Å²) in [6.07, 6.45) is 7.74. The van der Waals surface area contributed by atoms with Crippen LogP contribution in [0.25, 0.3) is 11.1 Å². The number of hydrogen-bond donors (Lipinski definition) is 2. The van der Waals surface area contributed by atoms with E-state index >= 15 is 0 Å². The molecule has 2 amide bonds. The maximum atomic E-state index is 12.0.